The fourth-order valence-corrected chi connectivity index (χ4v) is 1.79. The third-order valence-electron chi connectivity index (χ3n) is 2.81. The van der Waals surface area contributed by atoms with E-state index < -0.39 is 42.7 Å². The van der Waals surface area contributed by atoms with Crippen LogP contribution < -0.4 is 0 Å². The Morgan fingerprint density at radius 2 is 1.69 bits per heavy atom. The molecular weight excluding hydrogens is 180 g/mol. The zero-order valence-corrected chi connectivity index (χ0v) is 6.74. The average molecular weight is 192 g/mol. The van der Waals surface area contributed by atoms with Crippen LogP contribution in [0.15, 0.2) is 0 Å². The van der Waals surface area contributed by atoms with Gasteiger partial charge in [0.05, 0.1) is 6.61 Å². The van der Waals surface area contributed by atoms with Crippen LogP contribution >= 0.6 is 0 Å². The number of ether oxygens (including phenoxy) is 1. The molecule has 0 aromatic carbocycles. The fourth-order valence-electron chi connectivity index (χ4n) is 1.79. The first kappa shape index (κ1) is 9.32. The standard InChI is InChI=1S/C7H12O6/c8-1-7(12)5(10)2(9)3-4(13-3)6(7)11/h2-6,8-12H,1H2/t2-,3+,4+,5+,6-,7+/m1/s1. The van der Waals surface area contributed by atoms with E-state index in [9.17, 15) is 20.4 Å². The zero-order chi connectivity index (χ0) is 9.80. The van der Waals surface area contributed by atoms with E-state index in [1.807, 2.05) is 0 Å². The van der Waals surface area contributed by atoms with Crippen molar-refractivity contribution in [3.05, 3.63) is 0 Å². The van der Waals surface area contributed by atoms with E-state index in [0.29, 0.717) is 0 Å². The van der Waals surface area contributed by atoms with Crippen molar-refractivity contribution in [2.45, 2.75) is 36.1 Å². The monoisotopic (exact) mass is 192 g/mol. The molecule has 2 aliphatic rings. The summed E-state index contributed by atoms with van der Waals surface area (Å²) in [6, 6.07) is 0. The van der Waals surface area contributed by atoms with E-state index in [4.69, 9.17) is 9.84 Å². The van der Waals surface area contributed by atoms with E-state index in [1.54, 1.807) is 0 Å². The molecular formula is C7H12O6. The summed E-state index contributed by atoms with van der Waals surface area (Å²) in [4.78, 5) is 0. The summed E-state index contributed by atoms with van der Waals surface area (Å²) in [6.45, 7) is -0.820. The van der Waals surface area contributed by atoms with Gasteiger partial charge in [0.25, 0.3) is 0 Å². The van der Waals surface area contributed by atoms with Gasteiger partial charge in [0.2, 0.25) is 0 Å². The van der Waals surface area contributed by atoms with Gasteiger partial charge >= 0.3 is 0 Å². The van der Waals surface area contributed by atoms with E-state index in [-0.39, 0.29) is 0 Å². The largest absolute Gasteiger partial charge is 0.393 e. The summed E-state index contributed by atoms with van der Waals surface area (Å²) in [5.41, 5.74) is -2.09. The lowest BCUT2D eigenvalue weighted by atomic mass is 9.78. The topological polar surface area (TPSA) is 114 Å². The van der Waals surface area contributed by atoms with Gasteiger partial charge in [-0.05, 0) is 0 Å². The Hall–Kier alpha value is -0.240. The van der Waals surface area contributed by atoms with Gasteiger partial charge in [0.1, 0.15) is 36.1 Å². The number of fused-ring (bicyclic) bond motifs is 1. The predicted octanol–water partition coefficient (Wildman–Crippen LogP) is -3.43. The fraction of sp³-hybridized carbons (Fsp3) is 1.00. The van der Waals surface area contributed by atoms with Crippen LogP contribution in [0.1, 0.15) is 0 Å². The molecule has 0 bridgehead atoms. The summed E-state index contributed by atoms with van der Waals surface area (Å²) >= 11 is 0. The molecule has 6 atom stereocenters. The van der Waals surface area contributed by atoms with Crippen molar-refractivity contribution in [1.29, 1.82) is 0 Å². The molecule has 76 valence electrons. The number of rotatable bonds is 1. The van der Waals surface area contributed by atoms with Gasteiger partial charge in [-0.3, -0.25) is 0 Å². The molecule has 2 rings (SSSR count). The van der Waals surface area contributed by atoms with E-state index in [0.717, 1.165) is 0 Å². The molecule has 5 N–H and O–H groups in total. The predicted molar refractivity (Wildman–Crippen MR) is 38.7 cm³/mol. The van der Waals surface area contributed by atoms with Gasteiger partial charge in [-0.25, -0.2) is 0 Å². The minimum atomic E-state index is -2.09. The Balaban J connectivity index is 2.25. The maximum atomic E-state index is 9.59. The first-order chi connectivity index (χ1) is 6.02. The van der Waals surface area contributed by atoms with Crippen LogP contribution in [0.2, 0.25) is 0 Å². The van der Waals surface area contributed by atoms with E-state index in [1.165, 1.54) is 0 Å². The number of aliphatic hydroxyl groups excluding tert-OH is 4. The summed E-state index contributed by atoms with van der Waals surface area (Å²) in [5.74, 6) is 0. The van der Waals surface area contributed by atoms with Gasteiger partial charge in [-0.2, -0.15) is 0 Å². The maximum absolute atomic E-state index is 9.59. The first-order valence-electron chi connectivity index (χ1n) is 4.05. The van der Waals surface area contributed by atoms with Gasteiger partial charge in [0, 0.05) is 0 Å². The third-order valence-corrected chi connectivity index (χ3v) is 2.81. The van der Waals surface area contributed by atoms with Crippen LogP contribution in [-0.4, -0.2) is 68.3 Å². The molecule has 13 heavy (non-hydrogen) atoms. The van der Waals surface area contributed by atoms with Gasteiger partial charge in [0.15, 0.2) is 0 Å². The Bertz CT molecular complexity index is 221. The van der Waals surface area contributed by atoms with Crippen LogP contribution in [0.4, 0.5) is 0 Å². The summed E-state index contributed by atoms with van der Waals surface area (Å²) in [6.07, 6.45) is -5.52. The van der Waals surface area contributed by atoms with Crippen molar-refractivity contribution < 1.29 is 30.3 Å². The molecule has 1 heterocycles. The normalized spacial score (nSPS) is 60.2. The molecule has 0 radical (unpaired) electrons. The number of hydrogen-bond donors (Lipinski definition) is 5. The van der Waals surface area contributed by atoms with Crippen LogP contribution in [-0.2, 0) is 4.74 Å². The summed E-state index contributed by atoms with van der Waals surface area (Å²) in [7, 11) is 0. The molecule has 1 saturated carbocycles. The van der Waals surface area contributed by atoms with Gasteiger partial charge < -0.3 is 30.3 Å². The molecule has 1 aliphatic heterocycles. The molecule has 1 aliphatic carbocycles. The lowest BCUT2D eigenvalue weighted by Crippen LogP contribution is -2.65. The second-order valence-corrected chi connectivity index (χ2v) is 3.59. The Morgan fingerprint density at radius 1 is 1.08 bits per heavy atom. The first-order valence-corrected chi connectivity index (χ1v) is 4.05. The maximum Gasteiger partial charge on any atom is 0.144 e. The van der Waals surface area contributed by atoms with E-state index in [2.05, 4.69) is 0 Å². The van der Waals surface area contributed by atoms with Crippen molar-refractivity contribution in [2.24, 2.45) is 0 Å². The molecule has 0 amide bonds. The Morgan fingerprint density at radius 3 is 2.23 bits per heavy atom. The average Bonchev–Trinajstić information content (AvgIpc) is 2.91. The van der Waals surface area contributed by atoms with Crippen LogP contribution in [0.3, 0.4) is 0 Å². The van der Waals surface area contributed by atoms with Crippen LogP contribution in [0, 0.1) is 0 Å². The minimum Gasteiger partial charge on any atom is -0.393 e. The van der Waals surface area contributed by atoms with Gasteiger partial charge in [-0.15, -0.1) is 0 Å². The van der Waals surface area contributed by atoms with Crippen molar-refractivity contribution in [2.75, 3.05) is 6.61 Å². The Labute approximate surface area is 74.0 Å². The molecule has 0 unspecified atom stereocenters. The van der Waals surface area contributed by atoms with Crippen molar-refractivity contribution >= 4 is 0 Å². The highest BCUT2D eigenvalue weighted by Gasteiger charge is 2.66. The second kappa shape index (κ2) is 2.63. The van der Waals surface area contributed by atoms with Crippen LogP contribution in [0.5, 0.6) is 0 Å². The molecule has 0 aromatic rings. The highest BCUT2D eigenvalue weighted by Crippen LogP contribution is 2.41. The molecule has 6 nitrogen and oxygen atoms in total. The quantitative estimate of drug-likeness (QED) is 0.276. The van der Waals surface area contributed by atoms with E-state index >= 15 is 0 Å². The minimum absolute atomic E-state index is 0.628. The van der Waals surface area contributed by atoms with Gasteiger partial charge in [-0.1, -0.05) is 0 Å². The third kappa shape index (κ3) is 1.04. The SMILES string of the molecule is OC[C@@]1(O)[C@H](O)[C@H]2O[C@H]2[C@@H](O)[C@@H]1O. The van der Waals surface area contributed by atoms with Crippen LogP contribution in [0.25, 0.3) is 0 Å². The molecule has 0 spiro atoms. The van der Waals surface area contributed by atoms with Crippen molar-refractivity contribution in [3.8, 4) is 0 Å². The smallest absolute Gasteiger partial charge is 0.144 e. The number of hydrogen-bond acceptors (Lipinski definition) is 6. The molecule has 1 saturated heterocycles. The summed E-state index contributed by atoms with van der Waals surface area (Å²) < 4.78 is 4.84. The number of aliphatic hydroxyl groups is 5. The second-order valence-electron chi connectivity index (χ2n) is 3.59. The Kier molecular flexibility index (Phi) is 1.88. The lowest BCUT2D eigenvalue weighted by molar-refractivity contribution is -0.207. The zero-order valence-electron chi connectivity index (χ0n) is 6.74. The molecule has 6 heteroatoms. The van der Waals surface area contributed by atoms with Crippen molar-refractivity contribution in [1.82, 2.24) is 0 Å². The highest BCUT2D eigenvalue weighted by atomic mass is 16.6. The molecule has 0 aromatic heterocycles. The highest BCUT2D eigenvalue weighted by molar-refractivity contribution is 5.15. The molecule has 2 fully saturated rings. The number of epoxide rings is 1. The van der Waals surface area contributed by atoms with Crippen molar-refractivity contribution in [3.63, 3.8) is 0 Å². The lowest BCUT2D eigenvalue weighted by Gasteiger charge is -2.39. The summed E-state index contributed by atoms with van der Waals surface area (Å²) in [5, 5.41) is 46.5.